The Morgan fingerprint density at radius 3 is 2.57 bits per heavy atom. The lowest BCUT2D eigenvalue weighted by Gasteiger charge is -2.15. The van der Waals surface area contributed by atoms with Crippen molar-refractivity contribution in [3.05, 3.63) is 64.4 Å². The SMILES string of the molecule is Cc1cccc(OCCCNc2cc([C@@H](C)Cn3nc(C)c(C)c3C)nc(C)n2)c1. The van der Waals surface area contributed by atoms with Crippen LogP contribution in [0.1, 0.15) is 53.3 Å². The van der Waals surface area contributed by atoms with E-state index in [0.717, 1.165) is 48.3 Å². The quantitative estimate of drug-likeness (QED) is 0.511. The lowest BCUT2D eigenvalue weighted by atomic mass is 10.1. The van der Waals surface area contributed by atoms with Crippen LogP contribution in [0.3, 0.4) is 0 Å². The number of hydrogen-bond acceptors (Lipinski definition) is 5. The Labute approximate surface area is 179 Å². The van der Waals surface area contributed by atoms with E-state index in [9.17, 15) is 0 Å². The maximum absolute atomic E-state index is 5.82. The van der Waals surface area contributed by atoms with Gasteiger partial charge in [-0.15, -0.1) is 0 Å². The fraction of sp³-hybridized carbons (Fsp3) is 0.458. The van der Waals surface area contributed by atoms with Gasteiger partial charge in [-0.05, 0) is 64.3 Å². The minimum atomic E-state index is 0.245. The Morgan fingerprint density at radius 1 is 1.07 bits per heavy atom. The zero-order chi connectivity index (χ0) is 21.7. The molecule has 1 aromatic carbocycles. The standard InChI is InChI=1S/C24H33N5O/c1-16-9-7-10-22(13-16)30-12-8-11-25-24-14-23(26-21(6)27-24)17(2)15-29-20(5)18(3)19(4)28-29/h7,9-10,13-14,17H,8,11-12,15H2,1-6H3,(H,25,26,27)/t17-/m0/s1. The van der Waals surface area contributed by atoms with Crippen LogP contribution >= 0.6 is 0 Å². The highest BCUT2D eigenvalue weighted by atomic mass is 16.5. The topological polar surface area (TPSA) is 64.9 Å². The van der Waals surface area contributed by atoms with Gasteiger partial charge in [0.05, 0.1) is 18.0 Å². The van der Waals surface area contributed by atoms with Gasteiger partial charge in [0.15, 0.2) is 0 Å². The summed E-state index contributed by atoms with van der Waals surface area (Å²) in [6.07, 6.45) is 0.896. The number of nitrogens with one attached hydrogen (secondary N) is 1. The van der Waals surface area contributed by atoms with Crippen molar-refractivity contribution < 1.29 is 4.74 Å². The summed E-state index contributed by atoms with van der Waals surface area (Å²) in [5.74, 6) is 2.81. The fourth-order valence-electron chi connectivity index (χ4n) is 3.43. The first-order chi connectivity index (χ1) is 14.3. The average Bonchev–Trinajstić information content (AvgIpc) is 2.94. The molecule has 0 saturated heterocycles. The van der Waals surface area contributed by atoms with Crippen LogP contribution in [0.25, 0.3) is 0 Å². The predicted octanol–water partition coefficient (Wildman–Crippen LogP) is 4.90. The summed E-state index contributed by atoms with van der Waals surface area (Å²) in [5.41, 5.74) is 5.81. The van der Waals surface area contributed by atoms with E-state index < -0.39 is 0 Å². The molecule has 6 heteroatoms. The van der Waals surface area contributed by atoms with Crippen LogP contribution in [0, 0.1) is 34.6 Å². The number of aromatic nitrogens is 4. The van der Waals surface area contributed by atoms with Gasteiger partial charge in [0.1, 0.15) is 17.4 Å². The van der Waals surface area contributed by atoms with Gasteiger partial charge in [-0.25, -0.2) is 9.97 Å². The summed E-state index contributed by atoms with van der Waals surface area (Å²) < 4.78 is 7.90. The van der Waals surface area contributed by atoms with Crippen molar-refractivity contribution in [1.29, 1.82) is 0 Å². The van der Waals surface area contributed by atoms with Crippen LogP contribution in [-0.2, 0) is 6.54 Å². The van der Waals surface area contributed by atoms with Gasteiger partial charge >= 0.3 is 0 Å². The molecule has 160 valence electrons. The molecular weight excluding hydrogens is 374 g/mol. The molecule has 0 saturated carbocycles. The average molecular weight is 408 g/mol. The minimum Gasteiger partial charge on any atom is -0.494 e. The van der Waals surface area contributed by atoms with Gasteiger partial charge < -0.3 is 10.1 Å². The van der Waals surface area contributed by atoms with Crippen LogP contribution in [0.15, 0.2) is 30.3 Å². The Kier molecular flexibility index (Phi) is 7.08. The van der Waals surface area contributed by atoms with Crippen LogP contribution in [0.5, 0.6) is 5.75 Å². The molecule has 1 N–H and O–H groups in total. The number of nitrogens with zero attached hydrogens (tertiary/aromatic N) is 4. The largest absolute Gasteiger partial charge is 0.494 e. The summed E-state index contributed by atoms with van der Waals surface area (Å²) >= 11 is 0. The maximum atomic E-state index is 5.82. The summed E-state index contributed by atoms with van der Waals surface area (Å²) in [7, 11) is 0. The molecule has 0 fully saturated rings. The van der Waals surface area contributed by atoms with Crippen molar-refractivity contribution in [3.8, 4) is 5.75 Å². The summed E-state index contributed by atoms with van der Waals surface area (Å²) in [4.78, 5) is 9.21. The number of anilines is 1. The van der Waals surface area contributed by atoms with E-state index >= 15 is 0 Å². The minimum absolute atomic E-state index is 0.245. The summed E-state index contributed by atoms with van der Waals surface area (Å²) in [6.45, 7) is 14.8. The summed E-state index contributed by atoms with van der Waals surface area (Å²) in [6, 6.07) is 10.2. The van der Waals surface area contributed by atoms with Crippen molar-refractivity contribution in [3.63, 3.8) is 0 Å². The normalized spacial score (nSPS) is 12.1. The lowest BCUT2D eigenvalue weighted by Crippen LogP contribution is -2.13. The highest BCUT2D eigenvalue weighted by Crippen LogP contribution is 2.21. The fourth-order valence-corrected chi connectivity index (χ4v) is 3.43. The van der Waals surface area contributed by atoms with E-state index in [2.05, 4.69) is 77.9 Å². The number of rotatable bonds is 9. The van der Waals surface area contributed by atoms with Gasteiger partial charge in [-0.2, -0.15) is 5.10 Å². The maximum Gasteiger partial charge on any atom is 0.129 e. The molecule has 0 aliphatic carbocycles. The van der Waals surface area contributed by atoms with E-state index in [1.54, 1.807) is 0 Å². The van der Waals surface area contributed by atoms with Gasteiger partial charge in [-0.3, -0.25) is 4.68 Å². The van der Waals surface area contributed by atoms with Crippen LogP contribution in [0.2, 0.25) is 0 Å². The molecule has 2 heterocycles. The van der Waals surface area contributed by atoms with Crippen LogP contribution < -0.4 is 10.1 Å². The predicted molar refractivity (Wildman–Crippen MR) is 121 cm³/mol. The Bertz CT molecular complexity index is 995. The van der Waals surface area contributed by atoms with Crippen LogP contribution in [0.4, 0.5) is 5.82 Å². The first-order valence-electron chi connectivity index (χ1n) is 10.6. The highest BCUT2D eigenvalue weighted by molar-refractivity contribution is 5.37. The van der Waals surface area contributed by atoms with Gasteiger partial charge in [0.25, 0.3) is 0 Å². The molecule has 6 nitrogen and oxygen atoms in total. The number of benzene rings is 1. The third kappa shape index (κ3) is 5.59. The van der Waals surface area contributed by atoms with E-state index in [1.165, 1.54) is 16.8 Å². The molecule has 1 atom stereocenters. The van der Waals surface area contributed by atoms with Crippen molar-refractivity contribution in [2.45, 2.75) is 60.4 Å². The monoisotopic (exact) mass is 407 g/mol. The molecule has 0 unspecified atom stereocenters. The molecule has 3 rings (SSSR count). The van der Waals surface area contributed by atoms with Crippen molar-refractivity contribution in [2.24, 2.45) is 0 Å². The van der Waals surface area contributed by atoms with E-state index in [-0.39, 0.29) is 5.92 Å². The van der Waals surface area contributed by atoms with Gasteiger partial charge in [0, 0.05) is 30.8 Å². The second-order valence-electron chi connectivity index (χ2n) is 8.05. The van der Waals surface area contributed by atoms with Crippen molar-refractivity contribution >= 4 is 5.82 Å². The second-order valence-corrected chi connectivity index (χ2v) is 8.05. The molecule has 3 aromatic rings. The molecular formula is C24H33N5O. The summed E-state index contributed by atoms with van der Waals surface area (Å²) in [5, 5.41) is 8.08. The zero-order valence-electron chi connectivity index (χ0n) is 19.0. The zero-order valence-corrected chi connectivity index (χ0v) is 19.0. The van der Waals surface area contributed by atoms with E-state index in [0.29, 0.717) is 6.61 Å². The third-order valence-electron chi connectivity index (χ3n) is 5.44. The third-order valence-corrected chi connectivity index (χ3v) is 5.44. The molecule has 0 aliphatic rings. The Morgan fingerprint density at radius 2 is 1.87 bits per heavy atom. The Balaban J connectivity index is 1.54. The smallest absolute Gasteiger partial charge is 0.129 e. The molecule has 0 radical (unpaired) electrons. The van der Waals surface area contributed by atoms with Gasteiger partial charge in [-0.1, -0.05) is 19.1 Å². The van der Waals surface area contributed by atoms with E-state index in [4.69, 9.17) is 4.74 Å². The number of hydrogen-bond donors (Lipinski definition) is 1. The van der Waals surface area contributed by atoms with E-state index in [1.807, 2.05) is 19.1 Å². The molecule has 0 bridgehead atoms. The number of ether oxygens (including phenoxy) is 1. The molecule has 0 amide bonds. The molecule has 30 heavy (non-hydrogen) atoms. The van der Waals surface area contributed by atoms with Crippen molar-refractivity contribution in [1.82, 2.24) is 19.7 Å². The first-order valence-corrected chi connectivity index (χ1v) is 10.6. The number of aryl methyl sites for hydroxylation is 3. The molecule has 2 aromatic heterocycles. The Hall–Kier alpha value is -2.89. The van der Waals surface area contributed by atoms with Crippen molar-refractivity contribution in [2.75, 3.05) is 18.5 Å². The lowest BCUT2D eigenvalue weighted by molar-refractivity contribution is 0.315. The highest BCUT2D eigenvalue weighted by Gasteiger charge is 2.14. The molecule has 0 aliphatic heterocycles. The van der Waals surface area contributed by atoms with Gasteiger partial charge in [0.2, 0.25) is 0 Å². The molecule has 0 spiro atoms. The van der Waals surface area contributed by atoms with Crippen LogP contribution in [-0.4, -0.2) is 32.9 Å². The first kappa shape index (κ1) is 21.8. The second kappa shape index (κ2) is 9.74.